The Kier molecular flexibility index (Phi) is 5.80. The van der Waals surface area contributed by atoms with Crippen molar-refractivity contribution in [1.82, 2.24) is 5.32 Å². The number of nitrogens with one attached hydrogen (secondary N) is 1. The molecule has 0 spiro atoms. The Morgan fingerprint density at radius 1 is 1.24 bits per heavy atom. The molecule has 1 N–H and O–H groups in total. The van der Waals surface area contributed by atoms with Crippen molar-refractivity contribution in [1.29, 1.82) is 0 Å². The fourth-order valence-electron chi connectivity index (χ4n) is 2.28. The zero-order valence-electron chi connectivity index (χ0n) is 12.1. The largest absolute Gasteiger partial charge is 0.306 e. The average molecular weight is 371 g/mol. The molecule has 0 aliphatic heterocycles. The van der Waals surface area contributed by atoms with E-state index in [9.17, 15) is 4.39 Å². The summed E-state index contributed by atoms with van der Waals surface area (Å²) in [6.45, 7) is 4.87. The predicted octanol–water partition coefficient (Wildman–Crippen LogP) is 5.64. The molecular formula is C17H18BrClFN. The molecular weight excluding hydrogens is 353 g/mol. The van der Waals surface area contributed by atoms with Crippen LogP contribution in [0.25, 0.3) is 0 Å². The van der Waals surface area contributed by atoms with E-state index in [0.29, 0.717) is 5.56 Å². The van der Waals surface area contributed by atoms with Gasteiger partial charge in [0.05, 0.1) is 6.04 Å². The molecule has 21 heavy (non-hydrogen) atoms. The highest BCUT2D eigenvalue weighted by atomic mass is 79.9. The van der Waals surface area contributed by atoms with Crippen LogP contribution in [-0.2, 0) is 0 Å². The van der Waals surface area contributed by atoms with E-state index in [-0.39, 0.29) is 11.9 Å². The van der Waals surface area contributed by atoms with Gasteiger partial charge in [0, 0.05) is 15.1 Å². The summed E-state index contributed by atoms with van der Waals surface area (Å²) in [4.78, 5) is 0. The van der Waals surface area contributed by atoms with E-state index in [4.69, 9.17) is 11.6 Å². The highest BCUT2D eigenvalue weighted by Crippen LogP contribution is 2.29. The first-order chi connectivity index (χ1) is 10.0. The second-order valence-corrected chi connectivity index (χ2v) is 6.38. The van der Waals surface area contributed by atoms with Crippen LogP contribution >= 0.6 is 27.5 Å². The maximum atomic E-state index is 14.2. The van der Waals surface area contributed by atoms with Crippen molar-refractivity contribution < 1.29 is 4.39 Å². The summed E-state index contributed by atoms with van der Waals surface area (Å²) in [5.74, 6) is -0.209. The predicted molar refractivity (Wildman–Crippen MR) is 90.4 cm³/mol. The second kappa shape index (κ2) is 7.39. The van der Waals surface area contributed by atoms with Gasteiger partial charge >= 0.3 is 0 Å². The summed E-state index contributed by atoms with van der Waals surface area (Å²) in [6, 6.07) is 10.7. The first-order valence-corrected chi connectivity index (χ1v) is 8.14. The van der Waals surface area contributed by atoms with Gasteiger partial charge < -0.3 is 5.32 Å². The van der Waals surface area contributed by atoms with E-state index >= 15 is 0 Å². The first-order valence-electron chi connectivity index (χ1n) is 6.97. The van der Waals surface area contributed by atoms with Crippen LogP contribution in [0.2, 0.25) is 5.02 Å². The van der Waals surface area contributed by atoms with E-state index < -0.39 is 0 Å². The monoisotopic (exact) mass is 369 g/mol. The third-order valence-corrected chi connectivity index (χ3v) is 4.30. The molecule has 0 radical (unpaired) electrons. The standard InChI is InChI=1S/C17H18BrClFN/c1-3-8-21-17(12-4-6-15(19)11(2)9-12)14-10-13(18)5-7-16(14)20/h4-7,9-10,17,21H,3,8H2,1-2H3. The highest BCUT2D eigenvalue weighted by molar-refractivity contribution is 9.10. The molecule has 0 saturated heterocycles. The first kappa shape index (κ1) is 16.5. The molecule has 0 heterocycles. The summed E-state index contributed by atoms with van der Waals surface area (Å²) >= 11 is 9.51. The number of rotatable bonds is 5. The van der Waals surface area contributed by atoms with E-state index in [1.165, 1.54) is 6.07 Å². The van der Waals surface area contributed by atoms with Crippen molar-refractivity contribution in [3.63, 3.8) is 0 Å². The van der Waals surface area contributed by atoms with Crippen molar-refractivity contribution in [3.05, 3.63) is 68.4 Å². The number of hydrogen-bond acceptors (Lipinski definition) is 1. The second-order valence-electron chi connectivity index (χ2n) is 5.06. The van der Waals surface area contributed by atoms with Gasteiger partial charge in [0.1, 0.15) is 5.82 Å². The molecule has 0 bridgehead atoms. The van der Waals surface area contributed by atoms with E-state index in [1.807, 2.05) is 31.2 Å². The van der Waals surface area contributed by atoms with Crippen molar-refractivity contribution >= 4 is 27.5 Å². The molecule has 0 saturated carbocycles. The Balaban J connectivity index is 2.46. The van der Waals surface area contributed by atoms with Crippen LogP contribution in [0, 0.1) is 12.7 Å². The molecule has 4 heteroatoms. The van der Waals surface area contributed by atoms with Crippen LogP contribution in [0.1, 0.15) is 36.1 Å². The average Bonchev–Trinajstić information content (AvgIpc) is 2.46. The van der Waals surface area contributed by atoms with E-state index in [2.05, 4.69) is 28.2 Å². The normalized spacial score (nSPS) is 12.4. The van der Waals surface area contributed by atoms with Gasteiger partial charge in [-0.2, -0.15) is 0 Å². The van der Waals surface area contributed by atoms with Gasteiger partial charge in [-0.25, -0.2) is 4.39 Å². The Hall–Kier alpha value is -0.900. The Morgan fingerprint density at radius 2 is 2.00 bits per heavy atom. The van der Waals surface area contributed by atoms with Crippen molar-refractivity contribution in [2.75, 3.05) is 6.54 Å². The maximum absolute atomic E-state index is 14.2. The fraction of sp³-hybridized carbons (Fsp3) is 0.294. The van der Waals surface area contributed by atoms with E-state index in [1.54, 1.807) is 6.07 Å². The number of aryl methyl sites for hydroxylation is 1. The van der Waals surface area contributed by atoms with Crippen molar-refractivity contribution in [3.8, 4) is 0 Å². The highest BCUT2D eigenvalue weighted by Gasteiger charge is 2.18. The molecule has 0 aromatic heterocycles. The Bertz CT molecular complexity index is 630. The molecule has 2 aromatic rings. The summed E-state index contributed by atoms with van der Waals surface area (Å²) < 4.78 is 15.1. The zero-order chi connectivity index (χ0) is 15.4. The minimum Gasteiger partial charge on any atom is -0.306 e. The Morgan fingerprint density at radius 3 is 2.67 bits per heavy atom. The molecule has 0 aliphatic carbocycles. The fourth-order valence-corrected chi connectivity index (χ4v) is 2.78. The molecule has 2 rings (SSSR count). The SMILES string of the molecule is CCCNC(c1ccc(Cl)c(C)c1)c1cc(Br)ccc1F. The van der Waals surface area contributed by atoms with Crippen LogP contribution in [0.4, 0.5) is 4.39 Å². The molecule has 112 valence electrons. The van der Waals surface area contributed by atoms with E-state index in [0.717, 1.165) is 33.6 Å². The lowest BCUT2D eigenvalue weighted by molar-refractivity contribution is 0.546. The topological polar surface area (TPSA) is 12.0 Å². The van der Waals surface area contributed by atoms with Crippen LogP contribution in [0.15, 0.2) is 40.9 Å². The van der Waals surface area contributed by atoms with Gasteiger partial charge in [-0.1, -0.05) is 46.6 Å². The smallest absolute Gasteiger partial charge is 0.128 e. The summed E-state index contributed by atoms with van der Waals surface area (Å²) in [7, 11) is 0. The third kappa shape index (κ3) is 4.06. The zero-order valence-corrected chi connectivity index (χ0v) is 14.4. The summed E-state index contributed by atoms with van der Waals surface area (Å²) in [5, 5.41) is 4.14. The minimum absolute atomic E-state index is 0.182. The van der Waals surface area contributed by atoms with Crippen LogP contribution in [0.5, 0.6) is 0 Å². The molecule has 1 atom stereocenters. The molecule has 1 unspecified atom stereocenters. The summed E-state index contributed by atoms with van der Waals surface area (Å²) in [6.07, 6.45) is 0.985. The number of halogens is 3. The lowest BCUT2D eigenvalue weighted by atomic mass is 9.96. The Labute approximate surface area is 138 Å². The van der Waals surface area contributed by atoms with Crippen molar-refractivity contribution in [2.24, 2.45) is 0 Å². The summed E-state index contributed by atoms with van der Waals surface area (Å²) in [5.41, 5.74) is 2.65. The van der Waals surface area contributed by atoms with Crippen LogP contribution in [-0.4, -0.2) is 6.54 Å². The minimum atomic E-state index is -0.209. The van der Waals surface area contributed by atoms with Gasteiger partial charge in [-0.3, -0.25) is 0 Å². The third-order valence-electron chi connectivity index (χ3n) is 3.38. The van der Waals surface area contributed by atoms with Gasteiger partial charge in [0.25, 0.3) is 0 Å². The molecule has 0 aliphatic rings. The van der Waals surface area contributed by atoms with Gasteiger partial charge in [-0.05, 0) is 55.3 Å². The van der Waals surface area contributed by atoms with Gasteiger partial charge in [0.15, 0.2) is 0 Å². The lowest BCUT2D eigenvalue weighted by Gasteiger charge is -2.21. The maximum Gasteiger partial charge on any atom is 0.128 e. The lowest BCUT2D eigenvalue weighted by Crippen LogP contribution is -2.24. The number of benzene rings is 2. The van der Waals surface area contributed by atoms with Gasteiger partial charge in [-0.15, -0.1) is 0 Å². The number of hydrogen-bond donors (Lipinski definition) is 1. The molecule has 0 amide bonds. The van der Waals surface area contributed by atoms with Crippen molar-refractivity contribution in [2.45, 2.75) is 26.3 Å². The van der Waals surface area contributed by atoms with Gasteiger partial charge in [0.2, 0.25) is 0 Å². The molecule has 2 aromatic carbocycles. The molecule has 1 nitrogen and oxygen atoms in total. The molecule has 0 fully saturated rings. The van der Waals surface area contributed by atoms with Crippen LogP contribution < -0.4 is 5.32 Å². The quantitative estimate of drug-likeness (QED) is 0.718. The van der Waals surface area contributed by atoms with Crippen LogP contribution in [0.3, 0.4) is 0 Å².